The minimum absolute atomic E-state index is 0.242. The van der Waals surface area contributed by atoms with Crippen molar-refractivity contribution in [3.63, 3.8) is 0 Å². The van der Waals surface area contributed by atoms with Crippen LogP contribution in [0.2, 0.25) is 0 Å². The minimum atomic E-state index is -4.58. The Bertz CT molecular complexity index is 408. The Morgan fingerprint density at radius 1 is 1.22 bits per heavy atom. The largest absolute Gasteiger partial charge is 0.417 e. The van der Waals surface area contributed by atoms with Gasteiger partial charge in [-0.1, -0.05) is 15.9 Å². The summed E-state index contributed by atoms with van der Waals surface area (Å²) in [6.07, 6.45) is -4.58. The summed E-state index contributed by atoms with van der Waals surface area (Å²) in [7, 11) is 0. The highest BCUT2D eigenvalue weighted by molar-refractivity contribution is 9.10. The second-order valence-electron chi connectivity index (χ2n) is 2.84. The molecule has 1 aromatic rings. The van der Waals surface area contributed by atoms with Crippen molar-refractivity contribution in [3.8, 4) is 0 Å². The van der Waals surface area contributed by atoms with E-state index in [1.54, 1.807) is 0 Å². The van der Waals surface area contributed by atoms with E-state index in [4.69, 9.17) is 34.8 Å². The van der Waals surface area contributed by atoms with Crippen molar-refractivity contribution in [2.24, 2.45) is 0 Å². The summed E-state index contributed by atoms with van der Waals surface area (Å²) in [4.78, 5) is 10.7. The zero-order valence-corrected chi connectivity index (χ0v) is 12.6. The van der Waals surface area contributed by atoms with E-state index in [2.05, 4.69) is 15.9 Å². The van der Waals surface area contributed by atoms with Crippen LogP contribution in [-0.2, 0) is 6.18 Å². The number of carbonyl (C=O) groups is 1. The predicted octanol–water partition coefficient (Wildman–Crippen LogP) is 5.31. The summed E-state index contributed by atoms with van der Waals surface area (Å²) in [5, 5.41) is -1.12. The van der Waals surface area contributed by atoms with E-state index < -0.39 is 22.5 Å². The van der Waals surface area contributed by atoms with Gasteiger partial charge in [-0.05, 0) is 29.8 Å². The molecule has 0 heterocycles. The lowest BCUT2D eigenvalue weighted by atomic mass is 10.1. The topological polar surface area (TPSA) is 17.1 Å². The molecule has 0 unspecified atom stereocenters. The quantitative estimate of drug-likeness (QED) is 0.497. The molecule has 18 heavy (non-hydrogen) atoms. The van der Waals surface area contributed by atoms with Gasteiger partial charge in [-0.15, -0.1) is 23.2 Å². The van der Waals surface area contributed by atoms with Gasteiger partial charge in [0.25, 0.3) is 5.24 Å². The Balaban J connectivity index is 0.000000631. The van der Waals surface area contributed by atoms with Gasteiger partial charge in [-0.2, -0.15) is 13.2 Å². The summed E-state index contributed by atoms with van der Waals surface area (Å²) in [5.41, 5.74) is -1.57. The highest BCUT2D eigenvalue weighted by Gasteiger charge is 2.34. The summed E-state index contributed by atoms with van der Waals surface area (Å²) in [6, 6.07) is 3.17. The van der Waals surface area contributed by atoms with Crippen molar-refractivity contribution in [2.45, 2.75) is 6.18 Å². The zero-order chi connectivity index (χ0) is 14.3. The predicted molar refractivity (Wildman–Crippen MR) is 70.8 cm³/mol. The molecule has 0 saturated carbocycles. The second kappa shape index (κ2) is 8.25. The van der Waals surface area contributed by atoms with E-state index in [1.807, 2.05) is 0 Å². The molecule has 0 N–H and O–H groups in total. The van der Waals surface area contributed by atoms with Crippen molar-refractivity contribution < 1.29 is 18.0 Å². The van der Waals surface area contributed by atoms with Gasteiger partial charge in [-0.25, -0.2) is 0 Å². The monoisotopic (exact) mass is 384 g/mol. The van der Waals surface area contributed by atoms with Crippen LogP contribution >= 0.6 is 50.7 Å². The van der Waals surface area contributed by atoms with Crippen LogP contribution in [0.5, 0.6) is 0 Å². The second-order valence-corrected chi connectivity index (χ2v) is 4.85. The Morgan fingerprint density at radius 3 is 2.06 bits per heavy atom. The van der Waals surface area contributed by atoms with Crippen LogP contribution in [0.3, 0.4) is 0 Å². The molecule has 0 aliphatic heterocycles. The number of hydrogen-bond acceptors (Lipinski definition) is 1. The maximum absolute atomic E-state index is 12.4. The van der Waals surface area contributed by atoms with Crippen LogP contribution in [0.1, 0.15) is 15.9 Å². The fourth-order valence-corrected chi connectivity index (χ4v) is 1.45. The summed E-state index contributed by atoms with van der Waals surface area (Å²) < 4.78 is 37.3. The van der Waals surface area contributed by atoms with Crippen molar-refractivity contribution in [1.29, 1.82) is 0 Å². The first-order valence-corrected chi connectivity index (χ1v) is 6.66. The molecule has 8 heteroatoms. The number of alkyl halides is 5. The smallest absolute Gasteiger partial charge is 0.276 e. The van der Waals surface area contributed by atoms with Gasteiger partial charge in [0.05, 0.1) is 5.56 Å². The molecule has 1 nitrogen and oxygen atoms in total. The number of benzene rings is 1. The van der Waals surface area contributed by atoms with Crippen LogP contribution in [-0.4, -0.2) is 17.0 Å². The van der Waals surface area contributed by atoms with E-state index in [-0.39, 0.29) is 4.47 Å². The number of carbonyl (C=O) groups excluding carboxylic acids is 1. The highest BCUT2D eigenvalue weighted by atomic mass is 79.9. The van der Waals surface area contributed by atoms with Crippen LogP contribution in [0.15, 0.2) is 22.7 Å². The first-order chi connectivity index (χ1) is 8.23. The molecular weight excluding hydrogens is 379 g/mol. The van der Waals surface area contributed by atoms with Gasteiger partial charge in [-0.3, -0.25) is 4.79 Å². The third-order valence-electron chi connectivity index (χ3n) is 1.57. The standard InChI is InChI=1S/C8H3BrClF3O.C2H4Cl2/c9-4-1-2-5(7(10)14)6(3-4)8(11,12)13;3-1-2-4/h1-3H;1-2H2. The van der Waals surface area contributed by atoms with Gasteiger partial charge < -0.3 is 0 Å². The van der Waals surface area contributed by atoms with Crippen molar-refractivity contribution in [3.05, 3.63) is 33.8 Å². The molecule has 0 bridgehead atoms. The Hall–Kier alpha value is 0.0300. The lowest BCUT2D eigenvalue weighted by molar-refractivity contribution is -0.137. The minimum Gasteiger partial charge on any atom is -0.276 e. The van der Waals surface area contributed by atoms with Gasteiger partial charge in [0.2, 0.25) is 0 Å². The molecular formula is C10H7BrCl3F3O. The molecule has 0 radical (unpaired) electrons. The van der Waals surface area contributed by atoms with Crippen molar-refractivity contribution in [2.75, 3.05) is 11.8 Å². The van der Waals surface area contributed by atoms with Gasteiger partial charge in [0, 0.05) is 21.8 Å². The molecule has 0 amide bonds. The summed E-state index contributed by atoms with van der Waals surface area (Å²) in [6.45, 7) is 0. The SMILES string of the molecule is ClCCCl.O=C(Cl)c1ccc(Br)cc1C(F)(F)F. The molecule has 0 atom stereocenters. The van der Waals surface area contributed by atoms with Gasteiger partial charge in [0.15, 0.2) is 0 Å². The van der Waals surface area contributed by atoms with Crippen LogP contribution < -0.4 is 0 Å². The molecule has 0 saturated heterocycles. The van der Waals surface area contributed by atoms with Crippen molar-refractivity contribution in [1.82, 2.24) is 0 Å². The first-order valence-electron chi connectivity index (χ1n) is 4.42. The van der Waals surface area contributed by atoms with Gasteiger partial charge >= 0.3 is 6.18 Å². The summed E-state index contributed by atoms with van der Waals surface area (Å²) >= 11 is 18.0. The van der Waals surface area contributed by atoms with E-state index >= 15 is 0 Å². The average Bonchev–Trinajstić information content (AvgIpc) is 2.27. The summed E-state index contributed by atoms with van der Waals surface area (Å²) in [5.74, 6) is 1.11. The number of hydrogen-bond donors (Lipinski definition) is 0. The van der Waals surface area contributed by atoms with E-state index in [0.717, 1.165) is 12.1 Å². The Morgan fingerprint density at radius 2 is 1.72 bits per heavy atom. The fraction of sp³-hybridized carbons (Fsp3) is 0.300. The lowest BCUT2D eigenvalue weighted by Gasteiger charge is -2.10. The third kappa shape index (κ3) is 6.27. The lowest BCUT2D eigenvalue weighted by Crippen LogP contribution is -2.10. The maximum Gasteiger partial charge on any atom is 0.417 e. The molecule has 0 aliphatic rings. The normalized spacial score (nSPS) is 10.6. The Labute approximate surface area is 125 Å². The zero-order valence-electron chi connectivity index (χ0n) is 8.70. The van der Waals surface area contributed by atoms with Gasteiger partial charge in [0.1, 0.15) is 0 Å². The van der Waals surface area contributed by atoms with Crippen molar-refractivity contribution >= 4 is 56.0 Å². The number of rotatable bonds is 2. The molecule has 0 fully saturated rings. The van der Waals surface area contributed by atoms with E-state index in [9.17, 15) is 18.0 Å². The average molecular weight is 386 g/mol. The molecule has 0 spiro atoms. The maximum atomic E-state index is 12.4. The molecule has 1 aromatic carbocycles. The highest BCUT2D eigenvalue weighted by Crippen LogP contribution is 2.34. The fourth-order valence-electron chi connectivity index (χ4n) is 0.922. The molecule has 0 aromatic heterocycles. The molecule has 102 valence electrons. The molecule has 0 aliphatic carbocycles. The Kier molecular flexibility index (Phi) is 8.26. The van der Waals surface area contributed by atoms with E-state index in [1.165, 1.54) is 6.07 Å². The van der Waals surface area contributed by atoms with Crippen LogP contribution in [0.4, 0.5) is 13.2 Å². The number of halogens is 7. The molecule has 1 rings (SSSR count). The van der Waals surface area contributed by atoms with Crippen LogP contribution in [0.25, 0.3) is 0 Å². The van der Waals surface area contributed by atoms with E-state index in [0.29, 0.717) is 11.8 Å². The first kappa shape index (κ1) is 18.0. The third-order valence-corrected chi connectivity index (χ3v) is 2.84. The van der Waals surface area contributed by atoms with Crippen LogP contribution in [0, 0.1) is 0 Å².